The number of carbonyl (C=O) groups is 4. The van der Waals surface area contributed by atoms with Crippen molar-refractivity contribution in [3.8, 4) is 0 Å². The summed E-state index contributed by atoms with van der Waals surface area (Å²) in [4.78, 5) is 71.9. The average molecular weight is 1080 g/mol. The quantitative estimate of drug-likeness (QED) is 0.0365. The number of likely N-dealkylation sites (tertiary alicyclic amines) is 1. The topological polar surface area (TPSA) is 148 Å². The lowest BCUT2D eigenvalue weighted by molar-refractivity contribution is -0.150. The third-order valence-corrected chi connectivity index (χ3v) is 17.2. The number of nitrogens with one attached hydrogen (secondary N) is 2. The number of Topliss-reactive ketones (excluding diaryl/α,β-unsaturated/α-hetero) is 2. The van der Waals surface area contributed by atoms with Gasteiger partial charge in [-0.15, -0.1) is 0 Å². The monoisotopic (exact) mass is 1080 g/mol. The van der Waals surface area contributed by atoms with Crippen molar-refractivity contribution in [2.45, 2.75) is 304 Å². The molecule has 1 aromatic rings. The molecule has 77 heavy (non-hydrogen) atoms. The van der Waals surface area contributed by atoms with E-state index in [0.717, 1.165) is 102 Å². The van der Waals surface area contributed by atoms with Crippen LogP contribution in [0, 0.1) is 29.6 Å². The van der Waals surface area contributed by atoms with Crippen molar-refractivity contribution in [2.75, 3.05) is 50.5 Å². The molecular weight excluding hydrogens is 963 g/mol. The van der Waals surface area contributed by atoms with Crippen LogP contribution in [0.4, 0.5) is 11.4 Å². The smallest absolute Gasteiger partial charge is 0.306 e. The van der Waals surface area contributed by atoms with Gasteiger partial charge in [0.1, 0.15) is 29.0 Å². The molecular formula is C66H119N3O8. The van der Waals surface area contributed by atoms with E-state index in [4.69, 9.17) is 9.47 Å². The number of hydrogen-bond acceptors (Lipinski definition) is 11. The van der Waals surface area contributed by atoms with Crippen molar-refractivity contribution in [1.29, 1.82) is 0 Å². The van der Waals surface area contributed by atoms with Crippen LogP contribution in [0.15, 0.2) is 9.59 Å². The molecule has 4 rings (SSSR count). The number of rotatable bonds is 47. The van der Waals surface area contributed by atoms with Crippen LogP contribution >= 0.6 is 0 Å². The molecule has 446 valence electrons. The largest absolute Gasteiger partial charge is 0.466 e. The number of ketones is 2. The second-order valence-electron chi connectivity index (χ2n) is 23.9. The van der Waals surface area contributed by atoms with Gasteiger partial charge in [-0.3, -0.25) is 24.0 Å². The summed E-state index contributed by atoms with van der Waals surface area (Å²) in [5.41, 5.74) is -0.363. The Hall–Kier alpha value is -3.08. The van der Waals surface area contributed by atoms with Gasteiger partial charge in [0, 0.05) is 52.2 Å². The van der Waals surface area contributed by atoms with Crippen LogP contribution in [0.1, 0.15) is 298 Å². The van der Waals surface area contributed by atoms with E-state index in [-0.39, 0.29) is 35.5 Å². The van der Waals surface area contributed by atoms with Crippen LogP contribution < -0.4 is 21.5 Å². The van der Waals surface area contributed by atoms with Crippen LogP contribution in [0.25, 0.3) is 0 Å². The van der Waals surface area contributed by atoms with Gasteiger partial charge in [-0.2, -0.15) is 0 Å². The fourth-order valence-electron chi connectivity index (χ4n) is 11.9. The molecule has 1 saturated heterocycles. The van der Waals surface area contributed by atoms with E-state index in [9.17, 15) is 28.8 Å². The van der Waals surface area contributed by atoms with Crippen molar-refractivity contribution in [1.82, 2.24) is 4.90 Å². The number of hydrogen-bond donors (Lipinski definition) is 2. The Balaban J connectivity index is 0.000000411. The van der Waals surface area contributed by atoms with Crippen LogP contribution in [0.2, 0.25) is 0 Å². The molecule has 2 aliphatic carbocycles. The van der Waals surface area contributed by atoms with Crippen molar-refractivity contribution >= 4 is 34.9 Å². The SMILES string of the molecule is CCCCCCCCC(CCCCCCCC)OC(=O)CCCCCCCOC(C)=O.CCCCCCCCCCC(CC)C1CCC1.CNc1c(NCCC(=O)C2CC2C2CCN(CCCCCC(C)=O)C2)c(=O)c1=O. The minimum Gasteiger partial charge on any atom is -0.466 e. The summed E-state index contributed by atoms with van der Waals surface area (Å²) in [6.07, 6.45) is 48.9. The first-order valence-corrected chi connectivity index (χ1v) is 32.7. The Kier molecular flexibility index (Phi) is 41.5. The highest BCUT2D eigenvalue weighted by Gasteiger charge is 2.48. The van der Waals surface area contributed by atoms with Gasteiger partial charge in [0.25, 0.3) is 10.9 Å². The Morgan fingerprint density at radius 3 is 1.65 bits per heavy atom. The molecule has 0 spiro atoms. The maximum absolute atomic E-state index is 12.5. The molecule has 11 nitrogen and oxygen atoms in total. The minimum absolute atomic E-state index is 0.0121. The number of anilines is 2. The van der Waals surface area contributed by atoms with Gasteiger partial charge >= 0.3 is 11.9 Å². The summed E-state index contributed by atoms with van der Waals surface area (Å²) in [7, 11) is 1.61. The van der Waals surface area contributed by atoms with Gasteiger partial charge in [0.05, 0.1) is 6.61 Å². The molecule has 0 amide bonds. The highest BCUT2D eigenvalue weighted by molar-refractivity contribution is 5.84. The zero-order valence-electron chi connectivity index (χ0n) is 51.0. The van der Waals surface area contributed by atoms with Gasteiger partial charge in [0.2, 0.25) is 0 Å². The normalized spacial score (nSPS) is 17.5. The zero-order chi connectivity index (χ0) is 56.3. The fraction of sp³-hybridized carbons (Fsp3) is 0.879. The van der Waals surface area contributed by atoms with E-state index in [1.807, 2.05) is 0 Å². The standard InChI is InChI=1S/C27H52O4.C22H33N3O4.C17H34/c1-4-6-8-10-13-17-21-26(22-18-14-11-9-7-5-2)31-27(29)23-19-15-12-16-20-24-30-25(3)28;1-14(26)6-4-3-5-10-25-11-8-15(13-25)16-12-17(16)18(27)7-9-24-20-19(23-2)21(28)22(20)29;1-3-5-6-7-8-9-10-11-13-16(4-2)17-14-12-15-17/h26H,4-24H2,1-3H3;15-17,23-24H,3-13H2,1-2H3;16-17H,3-15H2,1-2H3. The number of ether oxygens (including phenoxy) is 2. The Morgan fingerprint density at radius 1 is 0.597 bits per heavy atom. The molecule has 1 aromatic carbocycles. The second-order valence-corrected chi connectivity index (χ2v) is 23.9. The number of unbranched alkanes of at least 4 members (excludes halogenated alkanes) is 23. The zero-order valence-corrected chi connectivity index (χ0v) is 51.0. The second kappa shape index (κ2) is 45.6. The van der Waals surface area contributed by atoms with Gasteiger partial charge < -0.3 is 29.8 Å². The molecule has 0 bridgehead atoms. The molecule has 2 N–H and O–H groups in total. The van der Waals surface area contributed by atoms with Gasteiger partial charge in [-0.05, 0) is 108 Å². The molecule has 4 unspecified atom stereocenters. The fourth-order valence-corrected chi connectivity index (χ4v) is 11.9. The first-order chi connectivity index (χ1) is 37.4. The number of esters is 2. The lowest BCUT2D eigenvalue weighted by atomic mass is 9.73. The van der Waals surface area contributed by atoms with Gasteiger partial charge in [-0.25, -0.2) is 0 Å². The summed E-state index contributed by atoms with van der Waals surface area (Å²) in [5, 5.41) is 5.66. The van der Waals surface area contributed by atoms with E-state index in [1.165, 1.54) is 174 Å². The first kappa shape index (κ1) is 70.0. The number of carbonyl (C=O) groups excluding carboxylic acids is 4. The van der Waals surface area contributed by atoms with Gasteiger partial charge in [-0.1, -0.05) is 201 Å². The highest BCUT2D eigenvalue weighted by atomic mass is 16.5. The van der Waals surface area contributed by atoms with Crippen molar-refractivity contribution in [2.24, 2.45) is 29.6 Å². The van der Waals surface area contributed by atoms with Gasteiger partial charge in [0.15, 0.2) is 0 Å². The predicted octanol–water partition coefficient (Wildman–Crippen LogP) is 16.4. The third-order valence-electron chi connectivity index (χ3n) is 17.2. The van der Waals surface area contributed by atoms with E-state index in [0.29, 0.717) is 55.6 Å². The van der Waals surface area contributed by atoms with E-state index in [1.54, 1.807) is 14.0 Å². The summed E-state index contributed by atoms with van der Waals surface area (Å²) in [6.45, 7) is 16.5. The van der Waals surface area contributed by atoms with Crippen LogP contribution in [-0.2, 0) is 28.7 Å². The molecule has 3 fully saturated rings. The van der Waals surface area contributed by atoms with E-state index >= 15 is 0 Å². The minimum atomic E-state index is -0.501. The van der Waals surface area contributed by atoms with E-state index in [2.05, 4.69) is 43.2 Å². The summed E-state index contributed by atoms with van der Waals surface area (Å²) < 4.78 is 10.8. The molecule has 0 aromatic heterocycles. The van der Waals surface area contributed by atoms with Crippen LogP contribution in [0.3, 0.4) is 0 Å². The van der Waals surface area contributed by atoms with Crippen LogP contribution in [-0.4, -0.2) is 74.3 Å². The van der Waals surface area contributed by atoms with Crippen molar-refractivity contribution in [3.05, 3.63) is 20.4 Å². The highest BCUT2D eigenvalue weighted by Crippen LogP contribution is 2.48. The Labute approximate surface area is 471 Å². The summed E-state index contributed by atoms with van der Waals surface area (Å²) in [6, 6.07) is 0. The third kappa shape index (κ3) is 33.3. The van der Waals surface area contributed by atoms with Crippen molar-refractivity contribution in [3.63, 3.8) is 0 Å². The molecule has 0 radical (unpaired) electrons. The number of nitrogens with zero attached hydrogens (tertiary/aromatic N) is 1. The van der Waals surface area contributed by atoms with Crippen LogP contribution in [0.5, 0.6) is 0 Å². The Morgan fingerprint density at radius 2 is 1.12 bits per heavy atom. The summed E-state index contributed by atoms with van der Waals surface area (Å²) in [5.74, 6) is 3.83. The Bertz CT molecular complexity index is 1720. The maximum atomic E-state index is 12.5. The molecule has 1 heterocycles. The molecule has 1 aliphatic heterocycles. The molecule has 2 saturated carbocycles. The average Bonchev–Trinajstić information content (AvgIpc) is 4.07. The maximum Gasteiger partial charge on any atom is 0.306 e. The predicted molar refractivity (Wildman–Crippen MR) is 323 cm³/mol. The lowest BCUT2D eigenvalue weighted by Crippen LogP contribution is -2.37. The lowest BCUT2D eigenvalue weighted by Gasteiger charge is -2.33. The molecule has 4 atom stereocenters. The molecule has 11 heteroatoms. The van der Waals surface area contributed by atoms with Crippen molar-refractivity contribution < 1.29 is 28.7 Å². The molecule has 3 aliphatic rings. The summed E-state index contributed by atoms with van der Waals surface area (Å²) >= 11 is 0. The van der Waals surface area contributed by atoms with E-state index < -0.39 is 10.9 Å². The first-order valence-electron chi connectivity index (χ1n) is 32.7.